The molecule has 0 aliphatic carbocycles. The van der Waals surface area contributed by atoms with E-state index in [-0.39, 0.29) is 17.7 Å². The first-order valence-corrected chi connectivity index (χ1v) is 6.44. The van der Waals surface area contributed by atoms with Crippen LogP contribution in [0.3, 0.4) is 0 Å². The summed E-state index contributed by atoms with van der Waals surface area (Å²) in [5, 5.41) is 9.38. The highest BCUT2D eigenvalue weighted by Gasteiger charge is 2.29. The third-order valence-electron chi connectivity index (χ3n) is 3.58. The molecule has 1 aromatic carbocycles. The van der Waals surface area contributed by atoms with Crippen LogP contribution in [0.1, 0.15) is 35.2 Å². The van der Waals surface area contributed by atoms with Gasteiger partial charge in [-0.1, -0.05) is 0 Å². The van der Waals surface area contributed by atoms with E-state index in [1.54, 1.807) is 18.2 Å². The molecule has 0 aromatic heterocycles. The van der Waals surface area contributed by atoms with Gasteiger partial charge in [-0.15, -0.1) is 0 Å². The number of amides is 1. The van der Waals surface area contributed by atoms with E-state index in [1.807, 2.05) is 11.8 Å². The van der Waals surface area contributed by atoms with Gasteiger partial charge in [0.1, 0.15) is 5.75 Å². The fourth-order valence-electron chi connectivity index (χ4n) is 2.64. The van der Waals surface area contributed by atoms with Gasteiger partial charge < -0.3 is 15.7 Å². The number of aryl methyl sites for hydroxylation is 1. The van der Waals surface area contributed by atoms with Crippen LogP contribution in [0, 0.1) is 6.92 Å². The summed E-state index contributed by atoms with van der Waals surface area (Å²) in [4.78, 5) is 14.4. The minimum absolute atomic E-state index is 0.0588. The standard InChI is InChI=1S/C14H20N2O2/c1-10-9-12(17)4-5-13(10)14(18)16-8-2-3-11(16)6-7-15/h4-5,9,11,17H,2-3,6-8,15H2,1H3. The highest BCUT2D eigenvalue weighted by atomic mass is 16.3. The molecule has 0 spiro atoms. The van der Waals surface area contributed by atoms with Crippen molar-refractivity contribution < 1.29 is 9.90 Å². The Balaban J connectivity index is 2.20. The largest absolute Gasteiger partial charge is 0.508 e. The summed E-state index contributed by atoms with van der Waals surface area (Å²) in [5.41, 5.74) is 7.08. The maximum atomic E-state index is 12.5. The molecule has 4 heteroatoms. The Bertz CT molecular complexity index is 445. The van der Waals surface area contributed by atoms with Gasteiger partial charge in [0.25, 0.3) is 5.91 Å². The highest BCUT2D eigenvalue weighted by molar-refractivity contribution is 5.96. The van der Waals surface area contributed by atoms with Crippen molar-refractivity contribution in [2.24, 2.45) is 5.73 Å². The summed E-state index contributed by atoms with van der Waals surface area (Å²) >= 11 is 0. The number of rotatable bonds is 3. The van der Waals surface area contributed by atoms with Crippen molar-refractivity contribution in [1.82, 2.24) is 4.90 Å². The molecule has 4 nitrogen and oxygen atoms in total. The zero-order valence-corrected chi connectivity index (χ0v) is 10.7. The molecule has 98 valence electrons. The number of likely N-dealkylation sites (tertiary alicyclic amines) is 1. The Labute approximate surface area is 107 Å². The van der Waals surface area contributed by atoms with Crippen LogP contribution in [0.25, 0.3) is 0 Å². The highest BCUT2D eigenvalue weighted by Crippen LogP contribution is 2.24. The maximum absolute atomic E-state index is 12.5. The van der Waals surface area contributed by atoms with Crippen LogP contribution in [0.4, 0.5) is 0 Å². The molecule has 1 saturated heterocycles. The summed E-state index contributed by atoms with van der Waals surface area (Å²) < 4.78 is 0. The average molecular weight is 248 g/mol. The molecule has 0 saturated carbocycles. The fraction of sp³-hybridized carbons (Fsp3) is 0.500. The van der Waals surface area contributed by atoms with Gasteiger partial charge >= 0.3 is 0 Å². The van der Waals surface area contributed by atoms with Gasteiger partial charge in [-0.3, -0.25) is 4.79 Å². The first kappa shape index (κ1) is 12.9. The van der Waals surface area contributed by atoms with Gasteiger partial charge in [0.2, 0.25) is 0 Å². The van der Waals surface area contributed by atoms with E-state index in [2.05, 4.69) is 0 Å². The van der Waals surface area contributed by atoms with Crippen molar-refractivity contribution in [2.75, 3.05) is 13.1 Å². The lowest BCUT2D eigenvalue weighted by Crippen LogP contribution is -2.37. The number of hydrogen-bond acceptors (Lipinski definition) is 3. The zero-order chi connectivity index (χ0) is 13.1. The van der Waals surface area contributed by atoms with Gasteiger partial charge in [-0.2, -0.15) is 0 Å². The summed E-state index contributed by atoms with van der Waals surface area (Å²) in [6.45, 7) is 3.27. The molecule has 18 heavy (non-hydrogen) atoms. The Hall–Kier alpha value is -1.55. The number of nitrogens with two attached hydrogens (primary N) is 1. The van der Waals surface area contributed by atoms with Gasteiger partial charge in [0, 0.05) is 18.2 Å². The lowest BCUT2D eigenvalue weighted by Gasteiger charge is -2.25. The van der Waals surface area contributed by atoms with E-state index in [4.69, 9.17) is 5.73 Å². The number of benzene rings is 1. The van der Waals surface area contributed by atoms with Crippen LogP contribution < -0.4 is 5.73 Å². The van der Waals surface area contributed by atoms with Crippen LogP contribution in [0.15, 0.2) is 18.2 Å². The van der Waals surface area contributed by atoms with Gasteiger partial charge in [-0.05, 0) is 56.5 Å². The van der Waals surface area contributed by atoms with Crippen LogP contribution in [-0.2, 0) is 0 Å². The normalized spacial score (nSPS) is 19.2. The monoisotopic (exact) mass is 248 g/mol. The Morgan fingerprint density at radius 2 is 2.33 bits per heavy atom. The zero-order valence-electron chi connectivity index (χ0n) is 10.7. The van der Waals surface area contributed by atoms with Crippen molar-refractivity contribution in [3.63, 3.8) is 0 Å². The first-order chi connectivity index (χ1) is 8.63. The number of aromatic hydroxyl groups is 1. The lowest BCUT2D eigenvalue weighted by molar-refractivity contribution is 0.0731. The Morgan fingerprint density at radius 3 is 3.00 bits per heavy atom. The third kappa shape index (κ3) is 2.48. The second kappa shape index (κ2) is 5.40. The second-order valence-corrected chi connectivity index (χ2v) is 4.87. The minimum Gasteiger partial charge on any atom is -0.508 e. The van der Waals surface area contributed by atoms with Crippen LogP contribution in [-0.4, -0.2) is 35.0 Å². The lowest BCUT2D eigenvalue weighted by atomic mass is 10.1. The molecule has 0 bridgehead atoms. The summed E-state index contributed by atoms with van der Waals surface area (Å²) in [7, 11) is 0. The van der Waals surface area contributed by atoms with E-state index in [9.17, 15) is 9.90 Å². The third-order valence-corrected chi connectivity index (χ3v) is 3.58. The maximum Gasteiger partial charge on any atom is 0.254 e. The van der Waals surface area contributed by atoms with Crippen molar-refractivity contribution in [2.45, 2.75) is 32.2 Å². The molecule has 2 rings (SSSR count). The van der Waals surface area contributed by atoms with Crippen LogP contribution >= 0.6 is 0 Å². The molecule has 1 unspecified atom stereocenters. The molecular formula is C14H20N2O2. The number of hydrogen-bond donors (Lipinski definition) is 2. The van der Waals surface area contributed by atoms with Gasteiger partial charge in [0.15, 0.2) is 0 Å². The number of phenolic OH excluding ortho intramolecular Hbond substituents is 1. The van der Waals surface area contributed by atoms with E-state index in [1.165, 1.54) is 0 Å². The second-order valence-electron chi connectivity index (χ2n) is 4.87. The molecule has 0 radical (unpaired) electrons. The van der Waals surface area contributed by atoms with Crippen molar-refractivity contribution in [3.05, 3.63) is 29.3 Å². The quantitative estimate of drug-likeness (QED) is 0.854. The molecule has 1 aromatic rings. The topological polar surface area (TPSA) is 66.6 Å². The first-order valence-electron chi connectivity index (χ1n) is 6.44. The summed E-state index contributed by atoms with van der Waals surface area (Å²) in [6.07, 6.45) is 2.95. The minimum atomic E-state index is 0.0588. The van der Waals surface area contributed by atoms with Crippen molar-refractivity contribution >= 4 is 5.91 Å². The van der Waals surface area contributed by atoms with Gasteiger partial charge in [0.05, 0.1) is 0 Å². The molecule has 1 amide bonds. The molecular weight excluding hydrogens is 228 g/mol. The Morgan fingerprint density at radius 1 is 1.56 bits per heavy atom. The number of nitrogens with zero attached hydrogens (tertiary/aromatic N) is 1. The van der Waals surface area contributed by atoms with Crippen LogP contribution in [0.2, 0.25) is 0 Å². The fourth-order valence-corrected chi connectivity index (χ4v) is 2.64. The van der Waals surface area contributed by atoms with Crippen molar-refractivity contribution in [1.29, 1.82) is 0 Å². The molecule has 1 aliphatic heterocycles. The Kier molecular flexibility index (Phi) is 3.87. The van der Waals surface area contributed by atoms with E-state index < -0.39 is 0 Å². The van der Waals surface area contributed by atoms with Crippen LogP contribution in [0.5, 0.6) is 5.75 Å². The van der Waals surface area contributed by atoms with Gasteiger partial charge in [-0.25, -0.2) is 0 Å². The smallest absolute Gasteiger partial charge is 0.254 e. The number of carbonyl (C=O) groups excluding carboxylic acids is 1. The van der Waals surface area contributed by atoms with E-state index in [0.29, 0.717) is 12.1 Å². The molecule has 1 atom stereocenters. The predicted molar refractivity (Wildman–Crippen MR) is 70.6 cm³/mol. The number of carbonyl (C=O) groups is 1. The molecule has 3 N–H and O–H groups in total. The number of phenols is 1. The van der Waals surface area contributed by atoms with E-state index in [0.717, 1.165) is 31.4 Å². The summed E-state index contributed by atoms with van der Waals surface area (Å²) in [6, 6.07) is 5.16. The predicted octanol–water partition coefficient (Wildman–Crippen LogP) is 1.65. The summed E-state index contributed by atoms with van der Waals surface area (Å²) in [5.74, 6) is 0.257. The molecule has 1 aliphatic rings. The SMILES string of the molecule is Cc1cc(O)ccc1C(=O)N1CCCC1CCN. The molecule has 1 fully saturated rings. The van der Waals surface area contributed by atoms with Crippen molar-refractivity contribution in [3.8, 4) is 5.75 Å². The average Bonchev–Trinajstić information content (AvgIpc) is 2.77. The van der Waals surface area contributed by atoms with E-state index >= 15 is 0 Å². The molecule has 1 heterocycles.